The van der Waals surface area contributed by atoms with Crippen LogP contribution in [0.25, 0.3) is 0 Å². The van der Waals surface area contributed by atoms with E-state index in [1.807, 2.05) is 31.2 Å². The Hall–Kier alpha value is -3.10. The molecule has 0 aliphatic rings. The Morgan fingerprint density at radius 1 is 1.03 bits per heavy atom. The van der Waals surface area contributed by atoms with Crippen molar-refractivity contribution in [2.75, 3.05) is 6.61 Å². The molecular formula is C22H23NO6S. The van der Waals surface area contributed by atoms with Crippen molar-refractivity contribution < 1.29 is 27.5 Å². The van der Waals surface area contributed by atoms with Gasteiger partial charge in [-0.1, -0.05) is 19.1 Å². The Bertz CT molecular complexity index is 1060. The molecule has 3 aromatic rings. The van der Waals surface area contributed by atoms with Crippen LogP contribution in [0, 0.1) is 0 Å². The normalized spacial score (nSPS) is 11.5. The standard InChI is InChI=1S/C22H23NO6S/c1-2-13-28-19-9-5-17(6-10-19)15-23(16-20-4-3-14-29-20)30(26,27)21-11-7-18(8-12-21)22(24)25/h3-12,14H,2,13,15-16H2,1H3,(H,24,25). The summed E-state index contributed by atoms with van der Waals surface area (Å²) in [4.78, 5) is 11.1. The van der Waals surface area contributed by atoms with Crippen molar-refractivity contribution in [3.8, 4) is 5.75 Å². The van der Waals surface area contributed by atoms with Gasteiger partial charge in [0.1, 0.15) is 11.5 Å². The fourth-order valence-electron chi connectivity index (χ4n) is 2.84. The van der Waals surface area contributed by atoms with E-state index in [0.717, 1.165) is 17.7 Å². The van der Waals surface area contributed by atoms with Crippen molar-refractivity contribution in [2.45, 2.75) is 31.3 Å². The fraction of sp³-hybridized carbons (Fsp3) is 0.227. The summed E-state index contributed by atoms with van der Waals surface area (Å²) in [5.74, 6) is 0.116. The third-order valence-corrected chi connectivity index (χ3v) is 6.21. The molecule has 158 valence electrons. The van der Waals surface area contributed by atoms with Crippen molar-refractivity contribution in [1.82, 2.24) is 4.31 Å². The quantitative estimate of drug-likeness (QED) is 0.520. The molecule has 0 fully saturated rings. The van der Waals surface area contributed by atoms with Gasteiger partial charge < -0.3 is 14.3 Å². The molecule has 1 heterocycles. The van der Waals surface area contributed by atoms with Crippen LogP contribution in [0.2, 0.25) is 0 Å². The molecule has 0 spiro atoms. The van der Waals surface area contributed by atoms with E-state index in [0.29, 0.717) is 12.4 Å². The summed E-state index contributed by atoms with van der Waals surface area (Å²) in [5.41, 5.74) is 0.810. The summed E-state index contributed by atoms with van der Waals surface area (Å²) >= 11 is 0. The lowest BCUT2D eigenvalue weighted by Gasteiger charge is -2.22. The minimum atomic E-state index is -3.89. The highest BCUT2D eigenvalue weighted by atomic mass is 32.2. The summed E-state index contributed by atoms with van der Waals surface area (Å²) in [6, 6.07) is 15.8. The van der Waals surface area contributed by atoms with E-state index >= 15 is 0 Å². The van der Waals surface area contributed by atoms with Gasteiger partial charge in [0.15, 0.2) is 0 Å². The first-order chi connectivity index (χ1) is 14.4. The zero-order valence-electron chi connectivity index (χ0n) is 16.5. The van der Waals surface area contributed by atoms with Crippen LogP contribution < -0.4 is 4.74 Å². The molecule has 0 bridgehead atoms. The zero-order valence-corrected chi connectivity index (χ0v) is 17.3. The number of rotatable bonds is 10. The van der Waals surface area contributed by atoms with Crippen molar-refractivity contribution in [1.29, 1.82) is 0 Å². The number of benzene rings is 2. The predicted octanol–water partition coefficient (Wildman–Crippen LogP) is 4.16. The summed E-state index contributed by atoms with van der Waals surface area (Å²) in [7, 11) is -3.89. The van der Waals surface area contributed by atoms with E-state index in [1.165, 1.54) is 34.8 Å². The molecule has 0 atom stereocenters. The molecule has 0 saturated carbocycles. The highest BCUT2D eigenvalue weighted by Crippen LogP contribution is 2.23. The highest BCUT2D eigenvalue weighted by molar-refractivity contribution is 7.89. The van der Waals surface area contributed by atoms with Crippen LogP contribution in [0.4, 0.5) is 0 Å². The Morgan fingerprint density at radius 2 is 1.73 bits per heavy atom. The van der Waals surface area contributed by atoms with Gasteiger partial charge in [-0.3, -0.25) is 0 Å². The Balaban J connectivity index is 1.86. The molecule has 2 aromatic carbocycles. The Morgan fingerprint density at radius 3 is 2.30 bits per heavy atom. The average molecular weight is 429 g/mol. The smallest absolute Gasteiger partial charge is 0.335 e. The van der Waals surface area contributed by atoms with E-state index in [2.05, 4.69) is 0 Å². The third-order valence-electron chi connectivity index (χ3n) is 4.41. The molecule has 0 amide bonds. The van der Waals surface area contributed by atoms with Crippen LogP contribution >= 0.6 is 0 Å². The molecule has 8 heteroatoms. The van der Waals surface area contributed by atoms with Gasteiger partial charge in [-0.25, -0.2) is 13.2 Å². The predicted molar refractivity (Wildman–Crippen MR) is 111 cm³/mol. The number of carboxylic acids is 1. The minimum Gasteiger partial charge on any atom is -0.494 e. The van der Waals surface area contributed by atoms with Crippen LogP contribution in [-0.4, -0.2) is 30.4 Å². The molecule has 30 heavy (non-hydrogen) atoms. The van der Waals surface area contributed by atoms with Crippen LogP contribution in [-0.2, 0) is 23.1 Å². The van der Waals surface area contributed by atoms with Crippen LogP contribution in [0.5, 0.6) is 5.75 Å². The lowest BCUT2D eigenvalue weighted by atomic mass is 10.2. The molecule has 0 radical (unpaired) electrons. The number of aromatic carboxylic acids is 1. The lowest BCUT2D eigenvalue weighted by Crippen LogP contribution is -2.30. The molecule has 3 rings (SSSR count). The minimum absolute atomic E-state index is 0.0157. The maximum absolute atomic E-state index is 13.3. The first-order valence-corrected chi connectivity index (χ1v) is 10.9. The van der Waals surface area contributed by atoms with Crippen molar-refractivity contribution in [3.63, 3.8) is 0 Å². The monoisotopic (exact) mass is 429 g/mol. The van der Waals surface area contributed by atoms with Gasteiger partial charge in [0.25, 0.3) is 0 Å². The largest absolute Gasteiger partial charge is 0.494 e. The maximum atomic E-state index is 13.3. The van der Waals surface area contributed by atoms with E-state index in [4.69, 9.17) is 14.3 Å². The molecule has 0 aliphatic carbocycles. The molecule has 1 aromatic heterocycles. The second-order valence-electron chi connectivity index (χ2n) is 6.67. The Kier molecular flexibility index (Phi) is 6.91. The van der Waals surface area contributed by atoms with Crippen molar-refractivity contribution in [3.05, 3.63) is 83.8 Å². The van der Waals surface area contributed by atoms with Crippen LogP contribution in [0.15, 0.2) is 76.2 Å². The van der Waals surface area contributed by atoms with Crippen molar-refractivity contribution in [2.24, 2.45) is 0 Å². The summed E-state index contributed by atoms with van der Waals surface area (Å²) in [5, 5.41) is 9.05. The van der Waals surface area contributed by atoms with E-state index in [9.17, 15) is 13.2 Å². The SMILES string of the molecule is CCCOc1ccc(CN(Cc2ccco2)S(=O)(=O)c2ccc(C(=O)O)cc2)cc1. The van der Waals surface area contributed by atoms with Gasteiger partial charge in [-0.15, -0.1) is 0 Å². The second kappa shape index (κ2) is 9.60. The second-order valence-corrected chi connectivity index (χ2v) is 8.61. The lowest BCUT2D eigenvalue weighted by molar-refractivity contribution is 0.0696. The number of furan rings is 1. The molecule has 0 saturated heterocycles. The average Bonchev–Trinajstić information content (AvgIpc) is 3.26. The number of nitrogens with zero attached hydrogens (tertiary/aromatic N) is 1. The first kappa shape index (κ1) is 21.6. The van der Waals surface area contributed by atoms with Crippen LogP contribution in [0.1, 0.15) is 35.0 Å². The van der Waals surface area contributed by atoms with Gasteiger partial charge in [0.2, 0.25) is 10.0 Å². The molecule has 0 unspecified atom stereocenters. The fourth-order valence-corrected chi connectivity index (χ4v) is 4.23. The van der Waals surface area contributed by atoms with E-state index < -0.39 is 16.0 Å². The molecule has 7 nitrogen and oxygen atoms in total. The molecule has 0 aliphatic heterocycles. The van der Waals surface area contributed by atoms with Gasteiger partial charge in [-0.2, -0.15) is 4.31 Å². The number of carbonyl (C=O) groups is 1. The summed E-state index contributed by atoms with van der Waals surface area (Å²) in [6.45, 7) is 2.81. The number of hydrogen-bond donors (Lipinski definition) is 1. The topological polar surface area (TPSA) is 97.0 Å². The number of sulfonamides is 1. The van der Waals surface area contributed by atoms with E-state index in [1.54, 1.807) is 12.1 Å². The molecular weight excluding hydrogens is 406 g/mol. The maximum Gasteiger partial charge on any atom is 0.335 e. The number of carboxylic acid groups (broad SMARTS) is 1. The summed E-state index contributed by atoms with van der Waals surface area (Å²) < 4.78 is 38.7. The first-order valence-electron chi connectivity index (χ1n) is 9.48. The third kappa shape index (κ3) is 5.28. The van der Waals surface area contributed by atoms with Gasteiger partial charge in [-0.05, 0) is 60.5 Å². The van der Waals surface area contributed by atoms with E-state index in [-0.39, 0.29) is 23.5 Å². The highest BCUT2D eigenvalue weighted by Gasteiger charge is 2.26. The molecule has 1 N–H and O–H groups in total. The van der Waals surface area contributed by atoms with Gasteiger partial charge in [0.05, 0.1) is 29.9 Å². The van der Waals surface area contributed by atoms with Crippen molar-refractivity contribution >= 4 is 16.0 Å². The van der Waals surface area contributed by atoms with Gasteiger partial charge in [0, 0.05) is 6.54 Å². The van der Waals surface area contributed by atoms with Gasteiger partial charge >= 0.3 is 5.97 Å². The Labute approximate surface area is 175 Å². The number of hydrogen-bond acceptors (Lipinski definition) is 5. The number of ether oxygens (including phenoxy) is 1. The zero-order chi connectivity index (χ0) is 21.6. The van der Waals surface area contributed by atoms with Crippen LogP contribution in [0.3, 0.4) is 0 Å². The summed E-state index contributed by atoms with van der Waals surface area (Å²) in [6.07, 6.45) is 2.39.